The zero-order valence-electron chi connectivity index (χ0n) is 14.8. The first-order chi connectivity index (χ1) is 11.2. The van der Waals surface area contributed by atoms with Gasteiger partial charge < -0.3 is 20.3 Å². The van der Waals surface area contributed by atoms with Gasteiger partial charge in [0.15, 0.2) is 0 Å². The van der Waals surface area contributed by atoms with Gasteiger partial charge in [-0.1, -0.05) is 12.1 Å². The standard InChI is InChI=1S/C17H25N3O4/c1-17(2,15(22)18-10-11-20(3)4)16(23)19-13-9-7-6-8-12(13)14(21)24-5/h6-9H,10-11H2,1-5H3,(H,18,22)(H,19,23). The number of carbonyl (C=O) groups is 3. The maximum Gasteiger partial charge on any atom is 0.339 e. The van der Waals surface area contributed by atoms with E-state index in [1.165, 1.54) is 21.0 Å². The van der Waals surface area contributed by atoms with Crippen LogP contribution in [0.2, 0.25) is 0 Å². The van der Waals surface area contributed by atoms with Crippen LogP contribution in [0.1, 0.15) is 24.2 Å². The first-order valence-corrected chi connectivity index (χ1v) is 7.62. The van der Waals surface area contributed by atoms with Gasteiger partial charge in [-0.2, -0.15) is 0 Å². The molecule has 0 radical (unpaired) electrons. The SMILES string of the molecule is COC(=O)c1ccccc1NC(=O)C(C)(C)C(=O)NCCN(C)C. The van der Waals surface area contributed by atoms with E-state index in [4.69, 9.17) is 4.74 Å². The lowest BCUT2D eigenvalue weighted by molar-refractivity contribution is -0.138. The van der Waals surface area contributed by atoms with Crippen LogP contribution in [0.5, 0.6) is 0 Å². The van der Waals surface area contributed by atoms with E-state index in [1.807, 2.05) is 19.0 Å². The van der Waals surface area contributed by atoms with E-state index >= 15 is 0 Å². The Morgan fingerprint density at radius 2 is 1.75 bits per heavy atom. The van der Waals surface area contributed by atoms with Crippen LogP contribution in [0.3, 0.4) is 0 Å². The van der Waals surface area contributed by atoms with E-state index in [-0.39, 0.29) is 11.5 Å². The molecule has 0 atom stereocenters. The molecule has 24 heavy (non-hydrogen) atoms. The number of para-hydroxylation sites is 1. The maximum atomic E-state index is 12.5. The Labute approximate surface area is 142 Å². The van der Waals surface area contributed by atoms with Crippen LogP contribution in [0.15, 0.2) is 24.3 Å². The summed E-state index contributed by atoms with van der Waals surface area (Å²) in [6.07, 6.45) is 0. The van der Waals surface area contributed by atoms with Crippen molar-refractivity contribution in [2.75, 3.05) is 39.6 Å². The van der Waals surface area contributed by atoms with Gasteiger partial charge in [-0.25, -0.2) is 4.79 Å². The van der Waals surface area contributed by atoms with Gasteiger partial charge in [0, 0.05) is 13.1 Å². The Kier molecular flexibility index (Phi) is 6.91. The first-order valence-electron chi connectivity index (χ1n) is 7.62. The average Bonchev–Trinajstić information content (AvgIpc) is 2.54. The Bertz CT molecular complexity index is 612. The predicted molar refractivity (Wildman–Crippen MR) is 91.8 cm³/mol. The van der Waals surface area contributed by atoms with Crippen molar-refractivity contribution < 1.29 is 19.1 Å². The van der Waals surface area contributed by atoms with Crippen LogP contribution >= 0.6 is 0 Å². The molecule has 7 heteroatoms. The summed E-state index contributed by atoms with van der Waals surface area (Å²) >= 11 is 0. The van der Waals surface area contributed by atoms with Gasteiger partial charge in [0.1, 0.15) is 5.41 Å². The predicted octanol–water partition coefficient (Wildman–Crippen LogP) is 1.12. The van der Waals surface area contributed by atoms with Crippen molar-refractivity contribution in [1.82, 2.24) is 10.2 Å². The molecule has 0 aromatic heterocycles. The van der Waals surface area contributed by atoms with Crippen molar-refractivity contribution in [3.8, 4) is 0 Å². The highest BCUT2D eigenvalue weighted by molar-refractivity contribution is 6.11. The minimum atomic E-state index is -1.28. The number of hydrogen-bond donors (Lipinski definition) is 2. The van der Waals surface area contributed by atoms with E-state index in [1.54, 1.807) is 24.3 Å². The van der Waals surface area contributed by atoms with Crippen molar-refractivity contribution >= 4 is 23.5 Å². The molecule has 0 aliphatic heterocycles. The highest BCUT2D eigenvalue weighted by Crippen LogP contribution is 2.22. The fraction of sp³-hybridized carbons (Fsp3) is 0.471. The van der Waals surface area contributed by atoms with E-state index in [0.717, 1.165) is 0 Å². The molecular formula is C17H25N3O4. The second-order valence-corrected chi connectivity index (χ2v) is 6.18. The largest absolute Gasteiger partial charge is 0.465 e. The van der Waals surface area contributed by atoms with Crippen molar-refractivity contribution in [3.05, 3.63) is 29.8 Å². The lowest BCUT2D eigenvalue weighted by atomic mass is 9.90. The van der Waals surface area contributed by atoms with Gasteiger partial charge in [-0.15, -0.1) is 0 Å². The second-order valence-electron chi connectivity index (χ2n) is 6.18. The highest BCUT2D eigenvalue weighted by Gasteiger charge is 2.36. The summed E-state index contributed by atoms with van der Waals surface area (Å²) < 4.78 is 4.69. The lowest BCUT2D eigenvalue weighted by Crippen LogP contribution is -2.46. The number of benzene rings is 1. The van der Waals surface area contributed by atoms with Crippen molar-refractivity contribution in [3.63, 3.8) is 0 Å². The first kappa shape index (κ1) is 19.6. The van der Waals surface area contributed by atoms with Gasteiger partial charge in [0.2, 0.25) is 11.8 Å². The zero-order valence-corrected chi connectivity index (χ0v) is 14.8. The normalized spacial score (nSPS) is 11.1. The molecule has 7 nitrogen and oxygen atoms in total. The molecule has 1 rings (SSSR count). The number of carbonyl (C=O) groups excluding carboxylic acids is 3. The third-order valence-electron chi connectivity index (χ3n) is 3.56. The van der Waals surface area contributed by atoms with E-state index in [9.17, 15) is 14.4 Å². The molecule has 0 saturated carbocycles. The number of anilines is 1. The fourth-order valence-electron chi connectivity index (χ4n) is 1.88. The molecular weight excluding hydrogens is 310 g/mol. The minimum absolute atomic E-state index is 0.233. The Morgan fingerprint density at radius 3 is 2.33 bits per heavy atom. The number of nitrogens with one attached hydrogen (secondary N) is 2. The Hall–Kier alpha value is -2.41. The highest BCUT2D eigenvalue weighted by atomic mass is 16.5. The van der Waals surface area contributed by atoms with E-state index in [2.05, 4.69) is 10.6 Å². The summed E-state index contributed by atoms with van der Waals surface area (Å²) in [5.41, 5.74) is -0.740. The summed E-state index contributed by atoms with van der Waals surface area (Å²) in [7, 11) is 5.06. The summed E-state index contributed by atoms with van der Waals surface area (Å²) in [6.45, 7) is 4.19. The van der Waals surface area contributed by atoms with E-state index < -0.39 is 17.3 Å². The van der Waals surface area contributed by atoms with Crippen LogP contribution in [-0.2, 0) is 14.3 Å². The summed E-state index contributed by atoms with van der Waals surface area (Å²) in [5, 5.41) is 5.37. The topological polar surface area (TPSA) is 87.7 Å². The van der Waals surface area contributed by atoms with Gasteiger partial charge >= 0.3 is 5.97 Å². The number of likely N-dealkylation sites (N-methyl/N-ethyl adjacent to an activating group) is 1. The molecule has 1 aromatic rings. The second kappa shape index (κ2) is 8.44. The number of esters is 1. The Morgan fingerprint density at radius 1 is 1.12 bits per heavy atom. The maximum absolute atomic E-state index is 12.5. The number of hydrogen-bond acceptors (Lipinski definition) is 5. The van der Waals surface area contributed by atoms with Crippen molar-refractivity contribution in [2.24, 2.45) is 5.41 Å². The third-order valence-corrected chi connectivity index (χ3v) is 3.56. The minimum Gasteiger partial charge on any atom is -0.465 e. The monoisotopic (exact) mass is 335 g/mol. The average molecular weight is 335 g/mol. The van der Waals surface area contributed by atoms with Crippen LogP contribution in [0.25, 0.3) is 0 Å². The fourth-order valence-corrected chi connectivity index (χ4v) is 1.88. The molecule has 0 heterocycles. The van der Waals surface area contributed by atoms with Crippen molar-refractivity contribution in [2.45, 2.75) is 13.8 Å². The van der Waals surface area contributed by atoms with Gasteiger partial charge in [-0.3, -0.25) is 9.59 Å². The molecule has 2 N–H and O–H groups in total. The number of amides is 2. The smallest absolute Gasteiger partial charge is 0.339 e. The number of rotatable bonds is 7. The van der Waals surface area contributed by atoms with Gasteiger partial charge in [0.25, 0.3) is 0 Å². The summed E-state index contributed by atoms with van der Waals surface area (Å²) in [6, 6.07) is 6.49. The number of nitrogens with zero attached hydrogens (tertiary/aromatic N) is 1. The van der Waals surface area contributed by atoms with E-state index in [0.29, 0.717) is 18.8 Å². The van der Waals surface area contributed by atoms with Gasteiger partial charge in [-0.05, 0) is 40.1 Å². The summed E-state index contributed by atoms with van der Waals surface area (Å²) in [5.74, 6) is -1.43. The molecule has 0 unspecified atom stereocenters. The molecule has 0 aliphatic carbocycles. The lowest BCUT2D eigenvalue weighted by Gasteiger charge is -2.23. The molecule has 0 aliphatic rings. The molecule has 0 fully saturated rings. The number of ether oxygens (including phenoxy) is 1. The third kappa shape index (κ3) is 5.06. The zero-order chi connectivity index (χ0) is 18.3. The Balaban J connectivity index is 2.83. The van der Waals surface area contributed by atoms with Gasteiger partial charge in [0.05, 0.1) is 18.4 Å². The molecule has 0 bridgehead atoms. The quantitative estimate of drug-likeness (QED) is 0.576. The van der Waals surface area contributed by atoms with Crippen LogP contribution in [-0.4, -0.2) is 57.0 Å². The van der Waals surface area contributed by atoms with Crippen molar-refractivity contribution in [1.29, 1.82) is 0 Å². The molecule has 1 aromatic carbocycles. The summed E-state index contributed by atoms with van der Waals surface area (Å²) in [4.78, 5) is 38.4. The van der Waals surface area contributed by atoms with Crippen LogP contribution < -0.4 is 10.6 Å². The van der Waals surface area contributed by atoms with Crippen LogP contribution in [0, 0.1) is 5.41 Å². The molecule has 132 valence electrons. The molecule has 2 amide bonds. The molecule has 0 saturated heterocycles. The molecule has 0 spiro atoms. The van der Waals surface area contributed by atoms with Crippen LogP contribution in [0.4, 0.5) is 5.69 Å². The number of methoxy groups -OCH3 is 1.